The summed E-state index contributed by atoms with van der Waals surface area (Å²) >= 11 is 0. The molecular formula is C19H21N3O2. The number of carbonyl (C=O) groups is 2. The van der Waals surface area contributed by atoms with Crippen LogP contribution in [0, 0.1) is 12.8 Å². The van der Waals surface area contributed by atoms with Gasteiger partial charge in [0.25, 0.3) is 5.91 Å². The van der Waals surface area contributed by atoms with Crippen molar-refractivity contribution in [2.45, 2.75) is 19.8 Å². The van der Waals surface area contributed by atoms with Crippen LogP contribution < -0.4 is 5.32 Å². The van der Waals surface area contributed by atoms with E-state index in [1.807, 2.05) is 31.2 Å². The highest BCUT2D eigenvalue weighted by atomic mass is 16.2. The van der Waals surface area contributed by atoms with E-state index in [0.717, 1.165) is 11.3 Å². The smallest absolute Gasteiger partial charge is 0.255 e. The van der Waals surface area contributed by atoms with Crippen LogP contribution in [0.2, 0.25) is 0 Å². The van der Waals surface area contributed by atoms with Crippen molar-refractivity contribution in [3.8, 4) is 0 Å². The fourth-order valence-corrected chi connectivity index (χ4v) is 2.90. The van der Waals surface area contributed by atoms with Crippen molar-refractivity contribution >= 4 is 17.5 Å². The first-order chi connectivity index (χ1) is 11.6. The summed E-state index contributed by atoms with van der Waals surface area (Å²) in [5.41, 5.74) is 2.58. The molecule has 5 nitrogen and oxygen atoms in total. The molecular weight excluding hydrogens is 302 g/mol. The molecule has 0 unspecified atom stereocenters. The Balaban J connectivity index is 1.54. The average Bonchev–Trinajstić information content (AvgIpc) is 2.64. The molecule has 1 N–H and O–H groups in total. The number of rotatable bonds is 3. The number of hydrogen-bond acceptors (Lipinski definition) is 3. The number of likely N-dealkylation sites (tertiary alicyclic amines) is 1. The Bertz CT molecular complexity index is 705. The second kappa shape index (κ2) is 7.25. The number of nitrogens with one attached hydrogen (secondary N) is 1. The predicted molar refractivity (Wildman–Crippen MR) is 92.7 cm³/mol. The molecule has 2 amide bonds. The first-order valence-electron chi connectivity index (χ1n) is 8.20. The summed E-state index contributed by atoms with van der Waals surface area (Å²) < 4.78 is 0. The summed E-state index contributed by atoms with van der Waals surface area (Å²) in [5.74, 6) is -0.0305. The Kier molecular flexibility index (Phi) is 4.89. The van der Waals surface area contributed by atoms with E-state index in [4.69, 9.17) is 0 Å². The number of carbonyl (C=O) groups excluding carboxylic acids is 2. The Hall–Kier alpha value is -2.69. The minimum absolute atomic E-state index is 0.0134. The maximum absolute atomic E-state index is 12.4. The molecule has 124 valence electrons. The quantitative estimate of drug-likeness (QED) is 0.945. The van der Waals surface area contributed by atoms with Crippen molar-refractivity contribution in [3.05, 3.63) is 59.9 Å². The lowest BCUT2D eigenvalue weighted by molar-refractivity contribution is -0.121. The maximum atomic E-state index is 12.4. The van der Waals surface area contributed by atoms with Gasteiger partial charge in [0.15, 0.2) is 0 Å². The topological polar surface area (TPSA) is 62.3 Å². The van der Waals surface area contributed by atoms with Gasteiger partial charge in [-0.25, -0.2) is 0 Å². The highest BCUT2D eigenvalue weighted by molar-refractivity contribution is 5.95. The molecule has 5 heteroatoms. The first kappa shape index (κ1) is 16.2. The Morgan fingerprint density at radius 1 is 1.12 bits per heavy atom. The van der Waals surface area contributed by atoms with Crippen molar-refractivity contribution < 1.29 is 9.59 Å². The van der Waals surface area contributed by atoms with E-state index in [-0.39, 0.29) is 17.7 Å². The van der Waals surface area contributed by atoms with Gasteiger partial charge in [-0.15, -0.1) is 0 Å². The van der Waals surface area contributed by atoms with Crippen molar-refractivity contribution in [2.24, 2.45) is 5.92 Å². The molecule has 1 aliphatic heterocycles. The van der Waals surface area contributed by atoms with Crippen LogP contribution in [0.1, 0.15) is 28.8 Å². The molecule has 1 aliphatic rings. The zero-order chi connectivity index (χ0) is 16.9. The van der Waals surface area contributed by atoms with Crippen LogP contribution in [0.15, 0.2) is 48.8 Å². The van der Waals surface area contributed by atoms with Crippen LogP contribution in [0.3, 0.4) is 0 Å². The molecule has 0 aliphatic carbocycles. The van der Waals surface area contributed by atoms with Crippen LogP contribution in [-0.4, -0.2) is 34.8 Å². The van der Waals surface area contributed by atoms with E-state index in [1.165, 1.54) is 0 Å². The van der Waals surface area contributed by atoms with Gasteiger partial charge in [0.2, 0.25) is 5.91 Å². The van der Waals surface area contributed by atoms with Gasteiger partial charge in [-0.05, 0) is 44.0 Å². The van der Waals surface area contributed by atoms with Gasteiger partial charge in [0, 0.05) is 37.1 Å². The van der Waals surface area contributed by atoms with E-state index in [9.17, 15) is 9.59 Å². The third-order valence-electron chi connectivity index (χ3n) is 4.38. The summed E-state index contributed by atoms with van der Waals surface area (Å²) in [6.45, 7) is 3.21. The Labute approximate surface area is 141 Å². The zero-order valence-corrected chi connectivity index (χ0v) is 13.7. The molecule has 3 rings (SSSR count). The van der Waals surface area contributed by atoms with E-state index < -0.39 is 0 Å². The standard InChI is InChI=1S/C19H21N3O2/c1-14-4-6-17(7-5-14)21-18(23)15-8-11-22(12-9-15)19(24)16-3-2-10-20-13-16/h2-7,10,13,15H,8-9,11-12H2,1H3,(H,21,23). The van der Waals surface area contributed by atoms with Gasteiger partial charge in [-0.1, -0.05) is 17.7 Å². The largest absolute Gasteiger partial charge is 0.339 e. The van der Waals surface area contributed by atoms with Gasteiger partial charge in [-0.3, -0.25) is 14.6 Å². The number of hydrogen-bond donors (Lipinski definition) is 1. The van der Waals surface area contributed by atoms with Crippen LogP contribution in [-0.2, 0) is 4.79 Å². The van der Waals surface area contributed by atoms with Crippen molar-refractivity contribution in [2.75, 3.05) is 18.4 Å². The zero-order valence-electron chi connectivity index (χ0n) is 13.7. The van der Waals surface area contributed by atoms with Crippen molar-refractivity contribution in [1.29, 1.82) is 0 Å². The molecule has 0 atom stereocenters. The van der Waals surface area contributed by atoms with Crippen LogP contribution >= 0.6 is 0 Å². The van der Waals surface area contributed by atoms with Gasteiger partial charge in [-0.2, -0.15) is 0 Å². The maximum Gasteiger partial charge on any atom is 0.255 e. The van der Waals surface area contributed by atoms with Crippen LogP contribution in [0.25, 0.3) is 0 Å². The number of amides is 2. The van der Waals surface area contributed by atoms with Crippen molar-refractivity contribution in [3.63, 3.8) is 0 Å². The molecule has 0 spiro atoms. The first-order valence-corrected chi connectivity index (χ1v) is 8.20. The van der Waals surface area contributed by atoms with E-state index in [1.54, 1.807) is 29.4 Å². The molecule has 1 aromatic carbocycles. The summed E-state index contributed by atoms with van der Waals surface area (Å²) in [6.07, 6.45) is 4.60. The molecule has 1 aromatic heterocycles. The molecule has 24 heavy (non-hydrogen) atoms. The molecule has 0 radical (unpaired) electrons. The van der Waals surface area contributed by atoms with Gasteiger partial charge >= 0.3 is 0 Å². The number of pyridine rings is 1. The summed E-state index contributed by atoms with van der Waals surface area (Å²) in [4.78, 5) is 30.5. The number of aromatic nitrogens is 1. The second-order valence-electron chi connectivity index (χ2n) is 6.16. The SMILES string of the molecule is Cc1ccc(NC(=O)C2CCN(C(=O)c3cccnc3)CC2)cc1. The van der Waals surface area contributed by atoms with Crippen LogP contribution in [0.5, 0.6) is 0 Å². The monoisotopic (exact) mass is 323 g/mol. The lowest BCUT2D eigenvalue weighted by Crippen LogP contribution is -2.41. The fraction of sp³-hybridized carbons (Fsp3) is 0.316. The lowest BCUT2D eigenvalue weighted by Gasteiger charge is -2.31. The molecule has 1 saturated heterocycles. The summed E-state index contributed by atoms with van der Waals surface area (Å²) in [5, 5.41) is 2.96. The Morgan fingerprint density at radius 2 is 1.83 bits per heavy atom. The number of piperidine rings is 1. The van der Waals surface area contributed by atoms with Gasteiger partial charge in [0.1, 0.15) is 0 Å². The predicted octanol–water partition coefficient (Wildman–Crippen LogP) is 2.88. The normalized spacial score (nSPS) is 15.1. The highest BCUT2D eigenvalue weighted by Crippen LogP contribution is 2.21. The summed E-state index contributed by atoms with van der Waals surface area (Å²) in [6, 6.07) is 11.3. The molecule has 1 fully saturated rings. The second-order valence-corrected chi connectivity index (χ2v) is 6.16. The van der Waals surface area contributed by atoms with Crippen LogP contribution in [0.4, 0.5) is 5.69 Å². The Morgan fingerprint density at radius 3 is 2.46 bits per heavy atom. The fourth-order valence-electron chi connectivity index (χ4n) is 2.90. The number of aryl methyl sites for hydroxylation is 1. The third kappa shape index (κ3) is 3.79. The van der Waals surface area contributed by atoms with Crippen molar-refractivity contribution in [1.82, 2.24) is 9.88 Å². The molecule has 2 aromatic rings. The number of nitrogens with zero attached hydrogens (tertiary/aromatic N) is 2. The lowest BCUT2D eigenvalue weighted by atomic mass is 9.95. The summed E-state index contributed by atoms with van der Waals surface area (Å²) in [7, 11) is 0. The van der Waals surface area contributed by atoms with E-state index >= 15 is 0 Å². The highest BCUT2D eigenvalue weighted by Gasteiger charge is 2.27. The third-order valence-corrected chi connectivity index (χ3v) is 4.38. The van der Waals surface area contributed by atoms with E-state index in [2.05, 4.69) is 10.3 Å². The molecule has 0 bridgehead atoms. The van der Waals surface area contributed by atoms with Gasteiger partial charge < -0.3 is 10.2 Å². The average molecular weight is 323 g/mol. The minimum Gasteiger partial charge on any atom is -0.339 e. The minimum atomic E-state index is -0.0516. The molecule has 0 saturated carbocycles. The van der Waals surface area contributed by atoms with E-state index in [0.29, 0.717) is 31.5 Å². The van der Waals surface area contributed by atoms with Gasteiger partial charge in [0.05, 0.1) is 5.56 Å². The number of anilines is 1. The molecule has 2 heterocycles. The number of benzene rings is 1.